The van der Waals surface area contributed by atoms with Crippen LogP contribution in [0.4, 0.5) is 0 Å². The van der Waals surface area contributed by atoms with Gasteiger partial charge in [0.2, 0.25) is 0 Å². The minimum absolute atomic E-state index is 0.258. The van der Waals surface area contributed by atoms with Crippen molar-refractivity contribution < 1.29 is 19.4 Å². The zero-order chi connectivity index (χ0) is 12.8. The number of allylic oxidation sites excluding steroid dienone is 1. The molecule has 4 nitrogen and oxygen atoms in total. The zero-order valence-corrected chi connectivity index (χ0v) is 10.2. The minimum Gasteiger partial charge on any atom is -0.393 e. The van der Waals surface area contributed by atoms with Gasteiger partial charge in [0, 0.05) is 5.57 Å². The maximum absolute atomic E-state index is 11.2. The summed E-state index contributed by atoms with van der Waals surface area (Å²) in [5.74, 6) is -1.11. The van der Waals surface area contributed by atoms with Crippen molar-refractivity contribution in [3.8, 4) is 0 Å². The number of rotatable bonds is 6. The maximum atomic E-state index is 11.2. The van der Waals surface area contributed by atoms with Gasteiger partial charge in [-0.15, -0.1) is 0 Å². The summed E-state index contributed by atoms with van der Waals surface area (Å²) in [4.78, 5) is 22.3. The van der Waals surface area contributed by atoms with Gasteiger partial charge in [-0.05, 0) is 33.1 Å². The third kappa shape index (κ3) is 4.15. The largest absolute Gasteiger partial charge is 0.393 e. The highest BCUT2D eigenvalue weighted by Gasteiger charge is 2.27. The van der Waals surface area contributed by atoms with E-state index < -0.39 is 11.9 Å². The summed E-state index contributed by atoms with van der Waals surface area (Å²) in [5.41, 5.74) is 0.723. The van der Waals surface area contributed by atoms with E-state index in [0.717, 1.165) is 25.7 Å². The molecule has 0 bridgehead atoms. The van der Waals surface area contributed by atoms with Crippen molar-refractivity contribution >= 4 is 11.9 Å². The van der Waals surface area contributed by atoms with Crippen LogP contribution >= 0.6 is 0 Å². The molecule has 0 saturated heterocycles. The number of ether oxygens (including phenoxy) is 1. The standard InChI is InChI=1S/C13H18O4/c1-9(14)7-5-3-4-6-8-11-10(2)12(15)17-13(11)16/h6,8-9,14H,3-5,7H2,1-2H3/b8-6+. The first-order chi connectivity index (χ1) is 8.02. The van der Waals surface area contributed by atoms with Crippen LogP contribution in [0.15, 0.2) is 23.3 Å². The van der Waals surface area contributed by atoms with Crippen LogP contribution in [0.1, 0.15) is 39.5 Å². The molecule has 0 spiro atoms. The van der Waals surface area contributed by atoms with E-state index in [9.17, 15) is 9.59 Å². The fourth-order valence-electron chi connectivity index (χ4n) is 1.57. The monoisotopic (exact) mass is 238 g/mol. The average molecular weight is 238 g/mol. The second-order valence-electron chi connectivity index (χ2n) is 4.25. The van der Waals surface area contributed by atoms with Crippen molar-refractivity contribution in [3.63, 3.8) is 0 Å². The van der Waals surface area contributed by atoms with E-state index in [4.69, 9.17) is 5.11 Å². The van der Waals surface area contributed by atoms with Crippen LogP contribution in [0.25, 0.3) is 0 Å². The van der Waals surface area contributed by atoms with Gasteiger partial charge in [-0.25, -0.2) is 9.59 Å². The van der Waals surface area contributed by atoms with Crippen molar-refractivity contribution in [1.82, 2.24) is 0 Å². The first kappa shape index (κ1) is 13.6. The van der Waals surface area contributed by atoms with E-state index in [-0.39, 0.29) is 6.10 Å². The molecule has 17 heavy (non-hydrogen) atoms. The number of aliphatic hydroxyl groups is 1. The Kier molecular flexibility index (Phi) is 5.10. The van der Waals surface area contributed by atoms with Crippen molar-refractivity contribution in [1.29, 1.82) is 0 Å². The molecule has 1 aliphatic rings. The van der Waals surface area contributed by atoms with Gasteiger partial charge in [0.25, 0.3) is 0 Å². The van der Waals surface area contributed by atoms with Gasteiger partial charge in [0.05, 0.1) is 11.7 Å². The SMILES string of the molecule is CC1=C(/C=C/CCCCC(C)O)C(=O)OC1=O. The summed E-state index contributed by atoms with van der Waals surface area (Å²) >= 11 is 0. The molecule has 0 fully saturated rings. The van der Waals surface area contributed by atoms with Gasteiger partial charge in [-0.1, -0.05) is 18.6 Å². The lowest BCUT2D eigenvalue weighted by atomic mass is 10.1. The Hall–Kier alpha value is -1.42. The molecule has 4 heteroatoms. The number of carbonyl (C=O) groups excluding carboxylic acids is 2. The second-order valence-corrected chi connectivity index (χ2v) is 4.25. The smallest absolute Gasteiger partial charge is 0.346 e. The fraction of sp³-hybridized carbons (Fsp3) is 0.538. The summed E-state index contributed by atoms with van der Waals surface area (Å²) in [5, 5.41) is 9.06. The van der Waals surface area contributed by atoms with Crippen molar-refractivity contribution in [2.24, 2.45) is 0 Å². The molecule has 1 heterocycles. The van der Waals surface area contributed by atoms with Crippen LogP contribution < -0.4 is 0 Å². The lowest BCUT2D eigenvalue weighted by molar-refractivity contribution is -0.150. The number of aliphatic hydroxyl groups excluding tert-OH is 1. The zero-order valence-electron chi connectivity index (χ0n) is 10.2. The predicted molar refractivity (Wildman–Crippen MR) is 63.1 cm³/mol. The lowest BCUT2D eigenvalue weighted by Crippen LogP contribution is -2.01. The fourth-order valence-corrected chi connectivity index (χ4v) is 1.57. The Bertz CT molecular complexity index is 364. The number of esters is 2. The number of unbranched alkanes of at least 4 members (excludes halogenated alkanes) is 2. The van der Waals surface area contributed by atoms with Crippen molar-refractivity contribution in [2.45, 2.75) is 45.6 Å². The van der Waals surface area contributed by atoms with Crippen LogP contribution in [0.3, 0.4) is 0 Å². The summed E-state index contributed by atoms with van der Waals surface area (Å²) in [6.07, 6.45) is 6.76. The Morgan fingerprint density at radius 2 is 2.00 bits per heavy atom. The van der Waals surface area contributed by atoms with Crippen LogP contribution in [0.2, 0.25) is 0 Å². The first-order valence-electron chi connectivity index (χ1n) is 5.84. The van der Waals surface area contributed by atoms with Crippen LogP contribution in [-0.2, 0) is 14.3 Å². The number of cyclic esters (lactones) is 2. The maximum Gasteiger partial charge on any atom is 0.346 e. The quantitative estimate of drug-likeness (QED) is 0.436. The van der Waals surface area contributed by atoms with Crippen LogP contribution in [0, 0.1) is 0 Å². The molecule has 94 valence electrons. The van der Waals surface area contributed by atoms with Gasteiger partial charge < -0.3 is 9.84 Å². The van der Waals surface area contributed by atoms with Crippen LogP contribution in [0.5, 0.6) is 0 Å². The van der Waals surface area contributed by atoms with Crippen LogP contribution in [-0.4, -0.2) is 23.1 Å². The molecule has 1 atom stereocenters. The van der Waals surface area contributed by atoms with Gasteiger partial charge in [-0.2, -0.15) is 0 Å². The molecule has 0 saturated carbocycles. The van der Waals surface area contributed by atoms with E-state index in [2.05, 4.69) is 4.74 Å². The highest BCUT2D eigenvalue weighted by molar-refractivity contribution is 6.13. The third-order valence-corrected chi connectivity index (χ3v) is 2.64. The first-order valence-corrected chi connectivity index (χ1v) is 5.84. The molecule has 0 aromatic rings. The summed E-state index contributed by atoms with van der Waals surface area (Å²) in [6.45, 7) is 3.35. The van der Waals surface area contributed by atoms with E-state index in [1.54, 1.807) is 19.9 Å². The van der Waals surface area contributed by atoms with Gasteiger partial charge in [-0.3, -0.25) is 0 Å². The van der Waals surface area contributed by atoms with E-state index in [1.165, 1.54) is 0 Å². The molecular weight excluding hydrogens is 220 g/mol. The molecule has 0 aromatic heterocycles. The molecule has 0 amide bonds. The minimum atomic E-state index is -0.562. The molecular formula is C13H18O4. The Morgan fingerprint density at radius 3 is 2.53 bits per heavy atom. The molecule has 0 aromatic carbocycles. The molecule has 1 rings (SSSR count). The number of hydrogen-bond acceptors (Lipinski definition) is 4. The Balaban J connectivity index is 2.34. The summed E-state index contributed by atoms with van der Waals surface area (Å²) < 4.78 is 4.46. The molecule has 1 unspecified atom stereocenters. The Labute approximate surface area is 101 Å². The van der Waals surface area contributed by atoms with E-state index >= 15 is 0 Å². The molecule has 1 aliphatic heterocycles. The van der Waals surface area contributed by atoms with E-state index in [1.807, 2.05) is 6.08 Å². The van der Waals surface area contributed by atoms with Gasteiger partial charge in [0.15, 0.2) is 0 Å². The highest BCUT2D eigenvalue weighted by atomic mass is 16.6. The highest BCUT2D eigenvalue weighted by Crippen LogP contribution is 2.18. The second kappa shape index (κ2) is 6.35. The Morgan fingerprint density at radius 1 is 1.29 bits per heavy atom. The molecule has 0 aliphatic carbocycles. The van der Waals surface area contributed by atoms with Gasteiger partial charge >= 0.3 is 11.9 Å². The van der Waals surface area contributed by atoms with Crippen molar-refractivity contribution in [3.05, 3.63) is 23.3 Å². The average Bonchev–Trinajstić information content (AvgIpc) is 2.48. The predicted octanol–water partition coefficient (Wildman–Crippen LogP) is 1.88. The number of carbonyl (C=O) groups is 2. The summed E-state index contributed by atoms with van der Waals surface area (Å²) in [7, 11) is 0. The topological polar surface area (TPSA) is 63.6 Å². The third-order valence-electron chi connectivity index (χ3n) is 2.64. The lowest BCUT2D eigenvalue weighted by Gasteiger charge is -2.01. The summed E-state index contributed by atoms with van der Waals surface area (Å²) in [6, 6.07) is 0. The normalized spacial score (nSPS) is 18.1. The molecule has 0 radical (unpaired) electrons. The van der Waals surface area contributed by atoms with E-state index in [0.29, 0.717) is 11.1 Å². The van der Waals surface area contributed by atoms with Gasteiger partial charge in [0.1, 0.15) is 0 Å². The molecule has 1 N–H and O–H groups in total. The van der Waals surface area contributed by atoms with Crippen molar-refractivity contribution in [2.75, 3.05) is 0 Å². The number of hydrogen-bond donors (Lipinski definition) is 1.